The Labute approximate surface area is 131 Å². The van der Waals surface area contributed by atoms with Crippen LogP contribution in [0.1, 0.15) is 44.2 Å². The number of carboxylic acid groups (broad SMARTS) is 1. The van der Waals surface area contributed by atoms with E-state index in [4.69, 9.17) is 11.6 Å². The maximum absolute atomic E-state index is 11.2. The van der Waals surface area contributed by atoms with Gasteiger partial charge in [0, 0.05) is 11.6 Å². The van der Waals surface area contributed by atoms with Crippen molar-refractivity contribution in [3.8, 4) is 0 Å². The summed E-state index contributed by atoms with van der Waals surface area (Å²) < 4.78 is 0. The highest BCUT2D eigenvalue weighted by Gasteiger charge is 2.27. The first-order chi connectivity index (χ1) is 9.88. The van der Waals surface area contributed by atoms with Crippen LogP contribution in [0.25, 0.3) is 0 Å². The third-order valence-electron chi connectivity index (χ3n) is 4.19. The van der Waals surface area contributed by atoms with Gasteiger partial charge in [0.2, 0.25) is 0 Å². The van der Waals surface area contributed by atoms with Gasteiger partial charge in [0.25, 0.3) is 0 Å². The number of carboxylic acids is 1. The number of likely N-dealkylation sites (tertiary alicyclic amines) is 1. The molecular formula is C17H24ClNO2. The number of aliphatic carboxylic acids is 1. The van der Waals surface area contributed by atoms with Crippen LogP contribution >= 0.6 is 11.6 Å². The van der Waals surface area contributed by atoms with Crippen LogP contribution in [0.15, 0.2) is 18.2 Å². The molecule has 0 spiro atoms. The van der Waals surface area contributed by atoms with Crippen LogP contribution in [-0.2, 0) is 17.8 Å². The molecule has 1 aliphatic rings. The van der Waals surface area contributed by atoms with E-state index in [1.165, 1.54) is 19.3 Å². The summed E-state index contributed by atoms with van der Waals surface area (Å²) in [6.45, 7) is 6.66. The molecule has 1 N–H and O–H groups in total. The molecule has 2 rings (SSSR count). The minimum Gasteiger partial charge on any atom is -0.481 e. The topological polar surface area (TPSA) is 40.5 Å². The minimum absolute atomic E-state index is 0.492. The van der Waals surface area contributed by atoms with Gasteiger partial charge in [-0.25, -0.2) is 0 Å². The van der Waals surface area contributed by atoms with Gasteiger partial charge in [-0.05, 0) is 63.4 Å². The van der Waals surface area contributed by atoms with E-state index >= 15 is 0 Å². The van der Waals surface area contributed by atoms with Crippen molar-refractivity contribution in [3.05, 3.63) is 34.3 Å². The summed E-state index contributed by atoms with van der Waals surface area (Å²) in [4.78, 5) is 13.6. The summed E-state index contributed by atoms with van der Waals surface area (Å²) in [7, 11) is 0. The number of hydrogen-bond acceptors (Lipinski definition) is 2. The third-order valence-corrected chi connectivity index (χ3v) is 4.54. The molecular weight excluding hydrogens is 286 g/mol. The summed E-state index contributed by atoms with van der Waals surface area (Å²) in [6.07, 6.45) is 4.35. The van der Waals surface area contributed by atoms with Gasteiger partial charge in [-0.1, -0.05) is 30.2 Å². The van der Waals surface area contributed by atoms with Gasteiger partial charge in [-0.3, -0.25) is 9.69 Å². The van der Waals surface area contributed by atoms with Crippen molar-refractivity contribution in [3.63, 3.8) is 0 Å². The molecule has 116 valence electrons. The smallest absolute Gasteiger partial charge is 0.309 e. The van der Waals surface area contributed by atoms with Gasteiger partial charge in [0.05, 0.1) is 5.41 Å². The van der Waals surface area contributed by atoms with Crippen molar-refractivity contribution >= 4 is 17.6 Å². The van der Waals surface area contributed by atoms with E-state index in [2.05, 4.69) is 4.90 Å². The Balaban J connectivity index is 2.05. The van der Waals surface area contributed by atoms with Gasteiger partial charge in [0.15, 0.2) is 0 Å². The van der Waals surface area contributed by atoms with Crippen LogP contribution in [0.3, 0.4) is 0 Å². The molecule has 0 aliphatic carbocycles. The van der Waals surface area contributed by atoms with Gasteiger partial charge in [-0.15, -0.1) is 0 Å². The molecule has 0 amide bonds. The van der Waals surface area contributed by atoms with E-state index in [9.17, 15) is 9.90 Å². The van der Waals surface area contributed by atoms with Crippen molar-refractivity contribution in [2.24, 2.45) is 5.41 Å². The summed E-state index contributed by atoms with van der Waals surface area (Å²) >= 11 is 6.38. The fourth-order valence-electron chi connectivity index (χ4n) is 2.77. The zero-order valence-electron chi connectivity index (χ0n) is 12.9. The molecule has 1 aromatic carbocycles. The van der Waals surface area contributed by atoms with Crippen LogP contribution < -0.4 is 0 Å². The summed E-state index contributed by atoms with van der Waals surface area (Å²) in [5, 5.41) is 9.95. The quantitative estimate of drug-likeness (QED) is 0.894. The van der Waals surface area contributed by atoms with Crippen molar-refractivity contribution in [2.45, 2.75) is 46.1 Å². The standard InChI is InChI=1S/C17H24ClNO2/c1-17(2,16(20)21)11-13-6-7-14(15(18)10-13)12-19-8-4-3-5-9-19/h6-7,10H,3-5,8-9,11-12H2,1-2H3,(H,20,21). The average molecular weight is 310 g/mol. The van der Waals surface area contributed by atoms with Crippen molar-refractivity contribution in [2.75, 3.05) is 13.1 Å². The van der Waals surface area contributed by atoms with Crippen LogP contribution in [0.4, 0.5) is 0 Å². The van der Waals surface area contributed by atoms with Gasteiger partial charge in [0.1, 0.15) is 0 Å². The Hall–Kier alpha value is -1.06. The normalized spacial score (nSPS) is 16.9. The largest absolute Gasteiger partial charge is 0.481 e. The molecule has 0 bridgehead atoms. The van der Waals surface area contributed by atoms with E-state index in [0.717, 1.165) is 35.8 Å². The first-order valence-corrected chi connectivity index (χ1v) is 7.99. The molecule has 0 radical (unpaired) electrons. The Bertz CT molecular complexity index is 508. The summed E-state index contributed by atoms with van der Waals surface area (Å²) in [5.41, 5.74) is 1.35. The fraction of sp³-hybridized carbons (Fsp3) is 0.588. The molecule has 1 heterocycles. The van der Waals surface area contributed by atoms with Crippen LogP contribution in [0.2, 0.25) is 5.02 Å². The molecule has 4 heteroatoms. The first kappa shape index (κ1) is 16.3. The number of nitrogens with zero attached hydrogens (tertiary/aromatic N) is 1. The van der Waals surface area contributed by atoms with Gasteiger partial charge < -0.3 is 5.11 Å². The summed E-state index contributed by atoms with van der Waals surface area (Å²) in [6, 6.07) is 5.98. The number of hydrogen-bond donors (Lipinski definition) is 1. The number of rotatable bonds is 5. The average Bonchev–Trinajstić information content (AvgIpc) is 2.42. The highest BCUT2D eigenvalue weighted by molar-refractivity contribution is 6.31. The number of halogens is 1. The van der Waals surface area contributed by atoms with Crippen LogP contribution in [-0.4, -0.2) is 29.1 Å². The number of benzene rings is 1. The fourth-order valence-corrected chi connectivity index (χ4v) is 3.04. The van der Waals surface area contributed by atoms with E-state index in [1.807, 2.05) is 18.2 Å². The Morgan fingerprint density at radius 1 is 1.29 bits per heavy atom. The lowest BCUT2D eigenvalue weighted by Crippen LogP contribution is -2.29. The summed E-state index contributed by atoms with van der Waals surface area (Å²) in [5.74, 6) is -0.781. The van der Waals surface area contributed by atoms with E-state index < -0.39 is 11.4 Å². The molecule has 21 heavy (non-hydrogen) atoms. The van der Waals surface area contributed by atoms with Crippen molar-refractivity contribution in [1.82, 2.24) is 4.90 Å². The number of carbonyl (C=O) groups is 1. The van der Waals surface area contributed by atoms with E-state index in [-0.39, 0.29) is 0 Å². The molecule has 1 fully saturated rings. The van der Waals surface area contributed by atoms with E-state index in [0.29, 0.717) is 6.42 Å². The Morgan fingerprint density at radius 3 is 2.52 bits per heavy atom. The molecule has 3 nitrogen and oxygen atoms in total. The lowest BCUT2D eigenvalue weighted by molar-refractivity contribution is -0.146. The molecule has 1 aromatic rings. The second-order valence-electron chi connectivity index (χ2n) is 6.63. The highest BCUT2D eigenvalue weighted by Crippen LogP contribution is 2.26. The molecule has 0 atom stereocenters. The van der Waals surface area contributed by atoms with Gasteiger partial charge in [-0.2, -0.15) is 0 Å². The van der Waals surface area contributed by atoms with Crippen LogP contribution in [0.5, 0.6) is 0 Å². The molecule has 1 saturated heterocycles. The molecule has 0 aromatic heterocycles. The maximum Gasteiger partial charge on any atom is 0.309 e. The van der Waals surface area contributed by atoms with Crippen LogP contribution in [0, 0.1) is 5.41 Å². The highest BCUT2D eigenvalue weighted by atomic mass is 35.5. The lowest BCUT2D eigenvalue weighted by atomic mass is 9.86. The second kappa shape index (κ2) is 6.80. The molecule has 0 saturated carbocycles. The zero-order valence-corrected chi connectivity index (χ0v) is 13.6. The van der Waals surface area contributed by atoms with E-state index in [1.54, 1.807) is 13.8 Å². The van der Waals surface area contributed by atoms with Gasteiger partial charge >= 0.3 is 5.97 Å². The predicted octanol–water partition coefficient (Wildman–Crippen LogP) is 3.98. The SMILES string of the molecule is CC(C)(Cc1ccc(CN2CCCCC2)c(Cl)c1)C(=O)O. The zero-order chi connectivity index (χ0) is 15.5. The Kier molecular flexibility index (Phi) is 5.28. The Morgan fingerprint density at radius 2 is 1.95 bits per heavy atom. The minimum atomic E-state index is -0.781. The lowest BCUT2D eigenvalue weighted by Gasteiger charge is -2.27. The number of piperidine rings is 1. The van der Waals surface area contributed by atoms with Crippen molar-refractivity contribution in [1.29, 1.82) is 0 Å². The first-order valence-electron chi connectivity index (χ1n) is 7.61. The van der Waals surface area contributed by atoms with Crippen molar-refractivity contribution < 1.29 is 9.90 Å². The third kappa shape index (κ3) is 4.45. The molecule has 0 unspecified atom stereocenters. The molecule has 1 aliphatic heterocycles. The predicted molar refractivity (Wildman–Crippen MR) is 85.7 cm³/mol. The second-order valence-corrected chi connectivity index (χ2v) is 7.04. The maximum atomic E-state index is 11.2. The monoisotopic (exact) mass is 309 g/mol.